The zero-order valence-corrected chi connectivity index (χ0v) is 10.2. The molecule has 1 aromatic carbocycles. The van der Waals surface area contributed by atoms with Gasteiger partial charge in [0.25, 0.3) is 0 Å². The molecule has 0 saturated carbocycles. The number of nitrogens with two attached hydrogens (primary N) is 1. The second-order valence-electron chi connectivity index (χ2n) is 5.10. The number of hydrogen-bond acceptors (Lipinski definition) is 2. The first kappa shape index (κ1) is 12.2. The lowest BCUT2D eigenvalue weighted by Crippen LogP contribution is -2.41. The van der Waals surface area contributed by atoms with Crippen molar-refractivity contribution in [2.75, 3.05) is 6.54 Å². The molecular formula is C13H22N2. The summed E-state index contributed by atoms with van der Waals surface area (Å²) in [6.45, 7) is 9.21. The molecule has 0 bridgehead atoms. The molecule has 2 nitrogen and oxygen atoms in total. The van der Waals surface area contributed by atoms with E-state index in [9.17, 15) is 0 Å². The fourth-order valence-electron chi connectivity index (χ4n) is 1.69. The van der Waals surface area contributed by atoms with E-state index in [-0.39, 0.29) is 11.6 Å². The monoisotopic (exact) mass is 206 g/mol. The third kappa shape index (κ3) is 4.02. The molecule has 0 aliphatic heterocycles. The highest BCUT2D eigenvalue weighted by Gasteiger charge is 2.17. The maximum atomic E-state index is 5.80. The van der Waals surface area contributed by atoms with Gasteiger partial charge in [0.05, 0.1) is 0 Å². The summed E-state index contributed by atoms with van der Waals surface area (Å²) in [5, 5.41) is 3.52. The Bertz CT molecular complexity index is 313. The van der Waals surface area contributed by atoms with E-state index in [1.807, 2.05) is 0 Å². The number of hydrogen-bond donors (Lipinski definition) is 2. The van der Waals surface area contributed by atoms with Crippen molar-refractivity contribution in [3.05, 3.63) is 35.4 Å². The normalized spacial score (nSPS) is 13.9. The largest absolute Gasteiger partial charge is 0.329 e. The van der Waals surface area contributed by atoms with Crippen LogP contribution in [0.15, 0.2) is 24.3 Å². The van der Waals surface area contributed by atoms with Crippen LogP contribution < -0.4 is 11.1 Å². The van der Waals surface area contributed by atoms with Crippen molar-refractivity contribution in [1.82, 2.24) is 5.32 Å². The van der Waals surface area contributed by atoms with Crippen LogP contribution in [-0.2, 0) is 0 Å². The van der Waals surface area contributed by atoms with Gasteiger partial charge in [-0.25, -0.2) is 0 Å². The molecule has 3 N–H and O–H groups in total. The predicted molar refractivity (Wildman–Crippen MR) is 65.9 cm³/mol. The molecule has 2 heteroatoms. The third-order valence-corrected chi connectivity index (χ3v) is 2.29. The highest BCUT2D eigenvalue weighted by Crippen LogP contribution is 2.16. The molecule has 0 heterocycles. The molecule has 0 aliphatic rings. The highest BCUT2D eigenvalue weighted by molar-refractivity contribution is 5.25. The zero-order chi connectivity index (χ0) is 11.5. The average molecular weight is 206 g/mol. The Labute approximate surface area is 92.9 Å². The van der Waals surface area contributed by atoms with E-state index in [0.29, 0.717) is 6.54 Å². The summed E-state index contributed by atoms with van der Waals surface area (Å²) in [7, 11) is 0. The van der Waals surface area contributed by atoms with Gasteiger partial charge in [-0.05, 0) is 33.3 Å². The molecule has 1 aromatic rings. The van der Waals surface area contributed by atoms with Crippen LogP contribution in [0.2, 0.25) is 0 Å². The minimum absolute atomic E-state index is 0.0911. The van der Waals surface area contributed by atoms with Crippen molar-refractivity contribution < 1.29 is 0 Å². The molecular weight excluding hydrogens is 184 g/mol. The summed E-state index contributed by atoms with van der Waals surface area (Å²) in [6, 6.07) is 8.75. The second kappa shape index (κ2) is 4.77. The van der Waals surface area contributed by atoms with E-state index < -0.39 is 0 Å². The van der Waals surface area contributed by atoms with Gasteiger partial charge in [0, 0.05) is 18.1 Å². The summed E-state index contributed by atoms with van der Waals surface area (Å²) >= 11 is 0. The van der Waals surface area contributed by atoms with Crippen LogP contribution >= 0.6 is 0 Å². The van der Waals surface area contributed by atoms with E-state index in [1.165, 1.54) is 11.1 Å². The Balaban J connectivity index is 2.83. The van der Waals surface area contributed by atoms with Gasteiger partial charge in [-0.3, -0.25) is 0 Å². The molecule has 1 unspecified atom stereocenters. The SMILES string of the molecule is Cc1cccc(C(CN)NC(C)(C)C)c1. The van der Waals surface area contributed by atoms with Crippen molar-refractivity contribution in [3.63, 3.8) is 0 Å². The van der Waals surface area contributed by atoms with E-state index >= 15 is 0 Å². The van der Waals surface area contributed by atoms with Crippen LogP contribution in [0.1, 0.15) is 37.9 Å². The standard InChI is InChI=1S/C13H22N2/c1-10-6-5-7-11(8-10)12(9-14)15-13(2,3)4/h5-8,12,15H,9,14H2,1-4H3. The summed E-state index contributed by atoms with van der Waals surface area (Å²) in [5.41, 5.74) is 8.44. The van der Waals surface area contributed by atoms with E-state index in [2.05, 4.69) is 57.3 Å². The van der Waals surface area contributed by atoms with Gasteiger partial charge in [-0.15, -0.1) is 0 Å². The minimum Gasteiger partial charge on any atom is -0.329 e. The van der Waals surface area contributed by atoms with Crippen molar-refractivity contribution in [3.8, 4) is 0 Å². The summed E-state index contributed by atoms with van der Waals surface area (Å²) in [5.74, 6) is 0. The zero-order valence-electron chi connectivity index (χ0n) is 10.2. The quantitative estimate of drug-likeness (QED) is 0.797. The highest BCUT2D eigenvalue weighted by atomic mass is 15.0. The molecule has 0 amide bonds. The molecule has 0 saturated heterocycles. The number of nitrogens with one attached hydrogen (secondary N) is 1. The Morgan fingerprint density at radius 3 is 2.47 bits per heavy atom. The molecule has 0 aromatic heterocycles. The van der Waals surface area contributed by atoms with Crippen LogP contribution in [0.3, 0.4) is 0 Å². The lowest BCUT2D eigenvalue weighted by Gasteiger charge is -2.28. The third-order valence-electron chi connectivity index (χ3n) is 2.29. The molecule has 0 fully saturated rings. The average Bonchev–Trinajstić information content (AvgIpc) is 2.13. The van der Waals surface area contributed by atoms with Gasteiger partial charge in [0.1, 0.15) is 0 Å². The lowest BCUT2D eigenvalue weighted by molar-refractivity contribution is 0.367. The molecule has 15 heavy (non-hydrogen) atoms. The smallest absolute Gasteiger partial charge is 0.0448 e. The van der Waals surface area contributed by atoms with Crippen molar-refractivity contribution in [1.29, 1.82) is 0 Å². The van der Waals surface area contributed by atoms with Crippen LogP contribution in [0.4, 0.5) is 0 Å². The fourth-order valence-corrected chi connectivity index (χ4v) is 1.69. The Morgan fingerprint density at radius 1 is 1.33 bits per heavy atom. The number of rotatable bonds is 3. The Morgan fingerprint density at radius 2 is 2.00 bits per heavy atom. The first-order valence-corrected chi connectivity index (χ1v) is 5.47. The molecule has 1 rings (SSSR count). The second-order valence-corrected chi connectivity index (χ2v) is 5.10. The van der Waals surface area contributed by atoms with Crippen LogP contribution in [-0.4, -0.2) is 12.1 Å². The summed E-state index contributed by atoms with van der Waals surface area (Å²) in [6.07, 6.45) is 0. The van der Waals surface area contributed by atoms with Crippen molar-refractivity contribution in [2.45, 2.75) is 39.3 Å². The van der Waals surface area contributed by atoms with Gasteiger partial charge in [-0.1, -0.05) is 29.8 Å². The van der Waals surface area contributed by atoms with Gasteiger partial charge >= 0.3 is 0 Å². The van der Waals surface area contributed by atoms with E-state index in [0.717, 1.165) is 0 Å². The van der Waals surface area contributed by atoms with Crippen molar-refractivity contribution >= 4 is 0 Å². The van der Waals surface area contributed by atoms with Gasteiger partial charge in [0.15, 0.2) is 0 Å². The number of benzene rings is 1. The van der Waals surface area contributed by atoms with Crippen LogP contribution in [0, 0.1) is 6.92 Å². The maximum Gasteiger partial charge on any atom is 0.0448 e. The lowest BCUT2D eigenvalue weighted by atomic mass is 10.0. The minimum atomic E-state index is 0.0911. The number of aryl methyl sites for hydroxylation is 1. The van der Waals surface area contributed by atoms with Crippen LogP contribution in [0.25, 0.3) is 0 Å². The van der Waals surface area contributed by atoms with E-state index in [1.54, 1.807) is 0 Å². The Hall–Kier alpha value is -0.860. The van der Waals surface area contributed by atoms with Gasteiger partial charge < -0.3 is 11.1 Å². The predicted octanol–water partition coefficient (Wildman–Crippen LogP) is 2.38. The molecule has 84 valence electrons. The molecule has 0 spiro atoms. The summed E-state index contributed by atoms with van der Waals surface area (Å²) in [4.78, 5) is 0. The molecule has 1 atom stereocenters. The topological polar surface area (TPSA) is 38.0 Å². The van der Waals surface area contributed by atoms with Crippen LogP contribution in [0.5, 0.6) is 0 Å². The summed E-state index contributed by atoms with van der Waals surface area (Å²) < 4.78 is 0. The van der Waals surface area contributed by atoms with Gasteiger partial charge in [-0.2, -0.15) is 0 Å². The van der Waals surface area contributed by atoms with Gasteiger partial charge in [0.2, 0.25) is 0 Å². The van der Waals surface area contributed by atoms with E-state index in [4.69, 9.17) is 5.73 Å². The Kier molecular flexibility index (Phi) is 3.89. The van der Waals surface area contributed by atoms with Crippen molar-refractivity contribution in [2.24, 2.45) is 5.73 Å². The first-order valence-electron chi connectivity index (χ1n) is 5.47. The molecule has 0 aliphatic carbocycles. The fraction of sp³-hybridized carbons (Fsp3) is 0.538. The molecule has 0 radical (unpaired) electrons. The maximum absolute atomic E-state index is 5.80. The first-order chi connectivity index (χ1) is 6.92.